The number of Topliss-reactive ketones (excluding diaryl/α,β-unsaturated/α-hetero) is 1. The van der Waals surface area contributed by atoms with E-state index in [-0.39, 0.29) is 5.78 Å². The van der Waals surface area contributed by atoms with Crippen LogP contribution < -0.4 is 15.0 Å². The summed E-state index contributed by atoms with van der Waals surface area (Å²) in [5.41, 5.74) is 2.65. The number of hydrogen-bond donors (Lipinski definition) is 1. The Hall–Kier alpha value is -2.40. The molecule has 0 bridgehead atoms. The number of para-hydroxylation sites is 1. The van der Waals surface area contributed by atoms with E-state index in [1.807, 2.05) is 37.4 Å². The van der Waals surface area contributed by atoms with E-state index < -0.39 is 0 Å². The lowest BCUT2D eigenvalue weighted by atomic mass is 9.91. The molecule has 1 aromatic heterocycles. The van der Waals surface area contributed by atoms with Gasteiger partial charge in [0.1, 0.15) is 12.4 Å². The normalized spacial score (nSPS) is 17.8. The van der Waals surface area contributed by atoms with Gasteiger partial charge in [-0.05, 0) is 69.5 Å². The molecule has 0 spiro atoms. The predicted molar refractivity (Wildman–Crippen MR) is 132 cm³/mol. The van der Waals surface area contributed by atoms with E-state index in [2.05, 4.69) is 22.1 Å². The van der Waals surface area contributed by atoms with Crippen LogP contribution in [0.3, 0.4) is 0 Å². The van der Waals surface area contributed by atoms with Crippen LogP contribution in [0.5, 0.6) is 5.75 Å². The molecule has 5 nitrogen and oxygen atoms in total. The molecule has 1 aromatic carbocycles. The van der Waals surface area contributed by atoms with Gasteiger partial charge in [0, 0.05) is 6.20 Å². The van der Waals surface area contributed by atoms with E-state index in [4.69, 9.17) is 4.74 Å². The molecular weight excluding hydrogens is 398 g/mol. The molecule has 1 saturated carbocycles. The van der Waals surface area contributed by atoms with E-state index in [9.17, 15) is 4.79 Å². The maximum absolute atomic E-state index is 11.7. The fourth-order valence-corrected chi connectivity index (χ4v) is 4.32. The molecule has 2 aromatic rings. The highest BCUT2D eigenvalue weighted by molar-refractivity contribution is 5.99. The van der Waals surface area contributed by atoms with Crippen molar-refractivity contribution in [1.29, 1.82) is 0 Å². The lowest BCUT2D eigenvalue weighted by molar-refractivity contribution is 0.101. The van der Waals surface area contributed by atoms with Crippen LogP contribution in [-0.2, 0) is 0 Å². The van der Waals surface area contributed by atoms with Gasteiger partial charge in [0.15, 0.2) is 11.5 Å². The molecule has 2 aliphatic heterocycles. The molecular formula is C27H39N3O2. The number of hydrogen-bond acceptors (Lipinski definition) is 5. The van der Waals surface area contributed by atoms with E-state index in [0.29, 0.717) is 17.9 Å². The number of aryl methyl sites for hydroxylation is 1. The fraction of sp³-hybridized carbons (Fsp3) is 0.556. The lowest BCUT2D eigenvalue weighted by Gasteiger charge is -2.31. The molecule has 5 heteroatoms. The summed E-state index contributed by atoms with van der Waals surface area (Å²) in [7, 11) is 0. The Balaban J connectivity index is 0.000000195. The molecule has 3 heterocycles. The molecule has 1 saturated heterocycles. The van der Waals surface area contributed by atoms with E-state index >= 15 is 0 Å². The summed E-state index contributed by atoms with van der Waals surface area (Å²) < 4.78 is 5.70. The molecule has 174 valence electrons. The van der Waals surface area contributed by atoms with Crippen molar-refractivity contribution in [2.24, 2.45) is 5.92 Å². The maximum atomic E-state index is 11.7. The van der Waals surface area contributed by atoms with Crippen LogP contribution in [0.2, 0.25) is 0 Å². The monoisotopic (exact) mass is 437 g/mol. The molecule has 0 unspecified atom stereocenters. The number of pyridine rings is 1. The minimum Gasteiger partial charge on any atom is -0.489 e. The first-order valence-electron chi connectivity index (χ1n) is 12.2. The average molecular weight is 438 g/mol. The number of ether oxygens (including phenoxy) is 1. The van der Waals surface area contributed by atoms with Gasteiger partial charge in [-0.3, -0.25) is 4.79 Å². The number of anilines is 2. The zero-order chi connectivity index (χ0) is 22.8. The van der Waals surface area contributed by atoms with Gasteiger partial charge in [-0.1, -0.05) is 51.2 Å². The molecule has 0 amide bonds. The summed E-state index contributed by atoms with van der Waals surface area (Å²) in [6.45, 7) is 9.70. The van der Waals surface area contributed by atoms with Crippen molar-refractivity contribution >= 4 is 17.3 Å². The number of carbonyl (C=O) groups excluding carboxylic acids is 1. The largest absolute Gasteiger partial charge is 0.489 e. The summed E-state index contributed by atoms with van der Waals surface area (Å²) in [6, 6.07) is 9.66. The van der Waals surface area contributed by atoms with Crippen LogP contribution in [0.15, 0.2) is 36.5 Å². The van der Waals surface area contributed by atoms with E-state index in [0.717, 1.165) is 29.5 Å². The Bertz CT molecular complexity index is 833. The second-order valence-electron chi connectivity index (χ2n) is 9.10. The van der Waals surface area contributed by atoms with Gasteiger partial charge in [0.2, 0.25) is 0 Å². The zero-order valence-electron chi connectivity index (χ0n) is 20.0. The van der Waals surface area contributed by atoms with Gasteiger partial charge < -0.3 is 15.0 Å². The van der Waals surface area contributed by atoms with Crippen LogP contribution in [0.4, 0.5) is 11.5 Å². The maximum Gasteiger partial charge on any atom is 0.163 e. The molecule has 5 rings (SSSR count). The number of rotatable bonds is 2. The van der Waals surface area contributed by atoms with Crippen molar-refractivity contribution in [3.8, 4) is 5.75 Å². The van der Waals surface area contributed by atoms with Gasteiger partial charge in [-0.15, -0.1) is 0 Å². The number of aromatic nitrogens is 1. The second-order valence-corrected chi connectivity index (χ2v) is 9.10. The number of carbonyl (C=O) groups is 1. The number of benzene rings is 1. The Kier molecular flexibility index (Phi) is 9.54. The third-order valence-electron chi connectivity index (χ3n) is 6.25. The molecule has 0 radical (unpaired) electrons. The zero-order valence-corrected chi connectivity index (χ0v) is 20.0. The van der Waals surface area contributed by atoms with Crippen molar-refractivity contribution in [2.75, 3.05) is 31.1 Å². The first-order chi connectivity index (χ1) is 15.6. The summed E-state index contributed by atoms with van der Waals surface area (Å²) >= 11 is 0. The van der Waals surface area contributed by atoms with Crippen LogP contribution in [-0.4, -0.2) is 37.0 Å². The van der Waals surface area contributed by atoms with Crippen LogP contribution in [0.1, 0.15) is 74.7 Å². The number of nitrogens with zero attached hydrogens (tertiary/aromatic N) is 2. The Labute approximate surface area is 193 Å². The van der Waals surface area contributed by atoms with Crippen LogP contribution in [0.25, 0.3) is 0 Å². The Morgan fingerprint density at radius 3 is 2.34 bits per heavy atom. The smallest absolute Gasteiger partial charge is 0.163 e. The first-order valence-corrected chi connectivity index (χ1v) is 12.2. The average Bonchev–Trinajstić information content (AvgIpc) is 3.40. The first kappa shape index (κ1) is 24.2. The molecule has 3 aliphatic rings. The van der Waals surface area contributed by atoms with Gasteiger partial charge in [0.25, 0.3) is 0 Å². The van der Waals surface area contributed by atoms with Gasteiger partial charge in [0.05, 0.1) is 17.8 Å². The van der Waals surface area contributed by atoms with Gasteiger partial charge in [-0.25, -0.2) is 4.98 Å². The van der Waals surface area contributed by atoms with Crippen LogP contribution >= 0.6 is 0 Å². The Morgan fingerprint density at radius 2 is 1.81 bits per heavy atom. The topological polar surface area (TPSA) is 54.5 Å². The van der Waals surface area contributed by atoms with Crippen molar-refractivity contribution in [2.45, 2.75) is 65.7 Å². The highest BCUT2D eigenvalue weighted by Gasteiger charge is 2.24. The van der Waals surface area contributed by atoms with E-state index in [1.54, 1.807) is 13.0 Å². The highest BCUT2D eigenvalue weighted by Crippen LogP contribution is 2.38. The molecule has 32 heavy (non-hydrogen) atoms. The summed E-state index contributed by atoms with van der Waals surface area (Å²) in [4.78, 5) is 18.2. The minimum absolute atomic E-state index is 0.0144. The standard InChI is InChI=1S/C16H16N2O2.C7H14.C4H9N/c1-11-6-7-15(17-10-11)18-8-9-20-16-13(12(2)19)4-3-5-14(16)18;1-7-5-3-2-4-6-7;1-2-4-5-3-1/h3-7,10H,8-9H2,1-2H3;7H,2-6H2,1H3;5H,1-4H2. The van der Waals surface area contributed by atoms with Gasteiger partial charge in [-0.2, -0.15) is 0 Å². The number of ketones is 1. The van der Waals surface area contributed by atoms with Gasteiger partial charge >= 0.3 is 0 Å². The highest BCUT2D eigenvalue weighted by atomic mass is 16.5. The Morgan fingerprint density at radius 1 is 1.06 bits per heavy atom. The van der Waals surface area contributed by atoms with E-state index in [1.165, 1.54) is 58.0 Å². The lowest BCUT2D eigenvalue weighted by Crippen LogP contribution is -2.30. The fourth-order valence-electron chi connectivity index (χ4n) is 4.32. The quantitative estimate of drug-likeness (QED) is 0.577. The number of nitrogens with one attached hydrogen (secondary N) is 1. The summed E-state index contributed by atoms with van der Waals surface area (Å²) in [6.07, 6.45) is 12.1. The molecule has 2 fully saturated rings. The van der Waals surface area contributed by atoms with Crippen molar-refractivity contribution < 1.29 is 9.53 Å². The molecule has 1 N–H and O–H groups in total. The summed E-state index contributed by atoms with van der Waals surface area (Å²) in [5, 5.41) is 3.22. The van der Waals surface area contributed by atoms with Crippen molar-refractivity contribution in [3.05, 3.63) is 47.7 Å². The third kappa shape index (κ3) is 7.06. The summed E-state index contributed by atoms with van der Waals surface area (Å²) in [5.74, 6) is 2.59. The number of fused-ring (bicyclic) bond motifs is 1. The van der Waals surface area contributed by atoms with Crippen molar-refractivity contribution in [1.82, 2.24) is 10.3 Å². The predicted octanol–water partition coefficient (Wildman–Crippen LogP) is 6.08. The SMILES string of the molecule is C1CCNC1.CC(=O)c1cccc2c1OCCN2c1ccc(C)cn1.CC1CCCCC1. The van der Waals surface area contributed by atoms with Crippen molar-refractivity contribution in [3.63, 3.8) is 0 Å². The molecule has 1 aliphatic carbocycles. The third-order valence-corrected chi connectivity index (χ3v) is 6.25. The second kappa shape index (κ2) is 12.6. The van der Waals surface area contributed by atoms with Crippen LogP contribution in [0, 0.1) is 12.8 Å². The molecule has 0 atom stereocenters. The minimum atomic E-state index is 0.0144.